The minimum atomic E-state index is 0.121. The van der Waals surface area contributed by atoms with Gasteiger partial charge in [0.2, 0.25) is 5.88 Å². The summed E-state index contributed by atoms with van der Waals surface area (Å²) in [6.45, 7) is 0.121. The maximum Gasteiger partial charge on any atom is 0.319 e. The standard InChI is InChI=1S/C10H14N2O3/c1-14-9-8(5-3-4-6-13)7-11-10(12-9)15-2/h3,5,7,13H,4,6H2,1-2H3. The van der Waals surface area contributed by atoms with Crippen molar-refractivity contribution in [2.75, 3.05) is 20.8 Å². The molecule has 82 valence electrons. The van der Waals surface area contributed by atoms with Crippen LogP contribution in [0.1, 0.15) is 12.0 Å². The summed E-state index contributed by atoms with van der Waals surface area (Å²) in [5.41, 5.74) is 0.756. The maximum absolute atomic E-state index is 8.62. The average molecular weight is 210 g/mol. The first-order chi connectivity index (χ1) is 7.31. The molecule has 1 heterocycles. The van der Waals surface area contributed by atoms with Crippen molar-refractivity contribution in [3.8, 4) is 11.9 Å². The number of aromatic nitrogens is 2. The van der Waals surface area contributed by atoms with E-state index in [9.17, 15) is 0 Å². The quantitative estimate of drug-likeness (QED) is 0.781. The Morgan fingerprint density at radius 2 is 2.20 bits per heavy atom. The molecule has 5 heteroatoms. The number of hydrogen-bond acceptors (Lipinski definition) is 5. The molecule has 1 aromatic rings. The monoisotopic (exact) mass is 210 g/mol. The molecule has 0 saturated carbocycles. The second kappa shape index (κ2) is 5.98. The Morgan fingerprint density at radius 3 is 2.80 bits per heavy atom. The van der Waals surface area contributed by atoms with Gasteiger partial charge in [0.15, 0.2) is 0 Å². The fraction of sp³-hybridized carbons (Fsp3) is 0.400. The molecule has 0 aromatic carbocycles. The van der Waals surface area contributed by atoms with Crippen molar-refractivity contribution in [1.82, 2.24) is 9.97 Å². The number of methoxy groups -OCH3 is 2. The molecule has 0 atom stereocenters. The Morgan fingerprint density at radius 1 is 1.40 bits per heavy atom. The van der Waals surface area contributed by atoms with E-state index in [0.717, 1.165) is 5.56 Å². The van der Waals surface area contributed by atoms with Crippen LogP contribution in [0.15, 0.2) is 12.3 Å². The van der Waals surface area contributed by atoms with E-state index in [1.165, 1.54) is 14.2 Å². The van der Waals surface area contributed by atoms with Crippen molar-refractivity contribution >= 4 is 6.08 Å². The van der Waals surface area contributed by atoms with Crippen LogP contribution >= 0.6 is 0 Å². The molecule has 0 spiro atoms. The Balaban J connectivity index is 2.87. The van der Waals surface area contributed by atoms with Crippen LogP contribution < -0.4 is 9.47 Å². The normalized spacial score (nSPS) is 10.6. The number of hydrogen-bond donors (Lipinski definition) is 1. The molecule has 15 heavy (non-hydrogen) atoms. The third-order valence-electron chi connectivity index (χ3n) is 1.73. The smallest absolute Gasteiger partial charge is 0.319 e. The van der Waals surface area contributed by atoms with E-state index in [1.54, 1.807) is 12.3 Å². The first-order valence-corrected chi connectivity index (χ1v) is 4.54. The first kappa shape index (κ1) is 11.5. The average Bonchev–Trinajstić information content (AvgIpc) is 2.29. The van der Waals surface area contributed by atoms with Gasteiger partial charge in [-0.05, 0) is 6.42 Å². The van der Waals surface area contributed by atoms with E-state index in [-0.39, 0.29) is 12.6 Å². The van der Waals surface area contributed by atoms with E-state index >= 15 is 0 Å². The van der Waals surface area contributed by atoms with Gasteiger partial charge in [-0.1, -0.05) is 12.2 Å². The van der Waals surface area contributed by atoms with Crippen LogP contribution in [-0.4, -0.2) is 35.9 Å². The minimum Gasteiger partial charge on any atom is -0.480 e. The van der Waals surface area contributed by atoms with Gasteiger partial charge in [-0.15, -0.1) is 0 Å². The molecule has 1 N–H and O–H groups in total. The molecule has 0 bridgehead atoms. The summed E-state index contributed by atoms with van der Waals surface area (Å²) in [4.78, 5) is 7.98. The fourth-order valence-corrected chi connectivity index (χ4v) is 1.02. The summed E-state index contributed by atoms with van der Waals surface area (Å²) in [7, 11) is 3.03. The van der Waals surface area contributed by atoms with Crippen molar-refractivity contribution in [3.63, 3.8) is 0 Å². The van der Waals surface area contributed by atoms with Gasteiger partial charge in [-0.3, -0.25) is 0 Å². The van der Waals surface area contributed by atoms with Crippen molar-refractivity contribution in [2.45, 2.75) is 6.42 Å². The lowest BCUT2D eigenvalue weighted by Crippen LogP contribution is -1.97. The molecule has 0 unspecified atom stereocenters. The molecule has 0 radical (unpaired) electrons. The van der Waals surface area contributed by atoms with Gasteiger partial charge in [0, 0.05) is 12.8 Å². The summed E-state index contributed by atoms with van der Waals surface area (Å²) in [5, 5.41) is 8.62. The lowest BCUT2D eigenvalue weighted by molar-refractivity contribution is 0.303. The van der Waals surface area contributed by atoms with Crippen LogP contribution in [0.25, 0.3) is 6.08 Å². The maximum atomic E-state index is 8.62. The number of aliphatic hydroxyl groups is 1. The lowest BCUT2D eigenvalue weighted by atomic mass is 10.2. The zero-order valence-electron chi connectivity index (χ0n) is 8.80. The highest BCUT2D eigenvalue weighted by Crippen LogP contribution is 2.18. The van der Waals surface area contributed by atoms with E-state index in [1.807, 2.05) is 6.08 Å². The molecule has 5 nitrogen and oxygen atoms in total. The molecule has 0 aliphatic carbocycles. The van der Waals surface area contributed by atoms with Crippen molar-refractivity contribution in [3.05, 3.63) is 17.8 Å². The summed E-state index contributed by atoms with van der Waals surface area (Å²) in [6.07, 6.45) is 5.83. The molecule has 0 fully saturated rings. The van der Waals surface area contributed by atoms with Crippen LogP contribution in [-0.2, 0) is 0 Å². The van der Waals surface area contributed by atoms with Crippen LogP contribution in [0.4, 0.5) is 0 Å². The Hall–Kier alpha value is -1.62. The summed E-state index contributed by atoms with van der Waals surface area (Å²) in [6, 6.07) is 0.270. The molecular weight excluding hydrogens is 196 g/mol. The van der Waals surface area contributed by atoms with Crippen LogP contribution in [0.3, 0.4) is 0 Å². The van der Waals surface area contributed by atoms with Gasteiger partial charge in [0.1, 0.15) is 0 Å². The first-order valence-electron chi connectivity index (χ1n) is 4.54. The second-order valence-electron chi connectivity index (χ2n) is 2.74. The van der Waals surface area contributed by atoms with Gasteiger partial charge >= 0.3 is 6.01 Å². The topological polar surface area (TPSA) is 64.5 Å². The molecule has 1 aromatic heterocycles. The largest absolute Gasteiger partial charge is 0.480 e. The Kier molecular flexibility index (Phi) is 4.56. The van der Waals surface area contributed by atoms with Gasteiger partial charge in [-0.25, -0.2) is 4.98 Å². The molecule has 0 aliphatic heterocycles. The van der Waals surface area contributed by atoms with Gasteiger partial charge < -0.3 is 14.6 Å². The van der Waals surface area contributed by atoms with Crippen molar-refractivity contribution < 1.29 is 14.6 Å². The fourth-order valence-electron chi connectivity index (χ4n) is 1.02. The summed E-state index contributed by atoms with van der Waals surface area (Å²) >= 11 is 0. The summed E-state index contributed by atoms with van der Waals surface area (Å²) < 4.78 is 9.94. The molecule has 1 rings (SSSR count). The van der Waals surface area contributed by atoms with E-state index in [4.69, 9.17) is 14.6 Å². The lowest BCUT2D eigenvalue weighted by Gasteiger charge is -2.04. The SMILES string of the molecule is COc1ncc(C=CCCO)c(OC)n1. The predicted molar refractivity (Wildman–Crippen MR) is 55.9 cm³/mol. The Labute approximate surface area is 88.4 Å². The van der Waals surface area contributed by atoms with Gasteiger partial charge in [0.25, 0.3) is 0 Å². The predicted octanol–water partition coefficient (Wildman–Crippen LogP) is 0.889. The minimum absolute atomic E-state index is 0.121. The van der Waals surface area contributed by atoms with Crippen LogP contribution in [0, 0.1) is 0 Å². The van der Waals surface area contributed by atoms with Crippen molar-refractivity contribution in [1.29, 1.82) is 0 Å². The van der Waals surface area contributed by atoms with E-state index in [0.29, 0.717) is 12.3 Å². The summed E-state index contributed by atoms with van der Waals surface area (Å²) in [5.74, 6) is 0.455. The third-order valence-corrected chi connectivity index (χ3v) is 1.73. The van der Waals surface area contributed by atoms with Gasteiger partial charge in [-0.2, -0.15) is 4.98 Å². The number of nitrogens with zero attached hydrogens (tertiary/aromatic N) is 2. The highest BCUT2D eigenvalue weighted by molar-refractivity contribution is 5.53. The van der Waals surface area contributed by atoms with E-state index in [2.05, 4.69) is 9.97 Å². The number of aliphatic hydroxyl groups excluding tert-OH is 1. The second-order valence-corrected chi connectivity index (χ2v) is 2.74. The number of rotatable bonds is 5. The van der Waals surface area contributed by atoms with Gasteiger partial charge in [0.05, 0.1) is 19.8 Å². The zero-order valence-corrected chi connectivity index (χ0v) is 8.80. The highest BCUT2D eigenvalue weighted by atomic mass is 16.5. The van der Waals surface area contributed by atoms with Crippen LogP contribution in [0.2, 0.25) is 0 Å². The molecule has 0 amide bonds. The van der Waals surface area contributed by atoms with Crippen LogP contribution in [0.5, 0.6) is 11.9 Å². The number of ether oxygens (including phenoxy) is 2. The Bertz CT molecular complexity index is 339. The molecule has 0 saturated heterocycles. The third kappa shape index (κ3) is 3.21. The highest BCUT2D eigenvalue weighted by Gasteiger charge is 2.04. The van der Waals surface area contributed by atoms with Crippen molar-refractivity contribution in [2.24, 2.45) is 0 Å². The zero-order chi connectivity index (χ0) is 11.1. The molecule has 0 aliphatic rings. The van der Waals surface area contributed by atoms with E-state index < -0.39 is 0 Å². The molecular formula is C10H14N2O3.